The summed E-state index contributed by atoms with van der Waals surface area (Å²) in [5, 5.41) is 20.4. The van der Waals surface area contributed by atoms with Crippen molar-refractivity contribution in [2.45, 2.75) is 18.9 Å². The van der Waals surface area contributed by atoms with Crippen molar-refractivity contribution >= 4 is 29.4 Å². The average molecular weight is 362 g/mol. The van der Waals surface area contributed by atoms with Crippen molar-refractivity contribution in [3.63, 3.8) is 0 Å². The second-order valence-electron chi connectivity index (χ2n) is 5.48. The molecule has 0 saturated carbocycles. The minimum absolute atomic E-state index is 0.209. The maximum atomic E-state index is 11.3. The van der Waals surface area contributed by atoms with Gasteiger partial charge in [-0.3, -0.25) is 9.59 Å². The lowest BCUT2D eigenvalue weighted by Crippen LogP contribution is -2.41. The maximum Gasteiger partial charge on any atom is 0.394 e. The molecule has 0 aliphatic heterocycles. The average Bonchev–Trinajstić information content (AvgIpc) is 2.54. The number of carbonyl (C=O) groups is 3. The highest BCUT2D eigenvalue weighted by Crippen LogP contribution is 2.23. The first-order valence-corrected chi connectivity index (χ1v) is 7.83. The Morgan fingerprint density at radius 3 is 2.24 bits per heavy atom. The molecule has 6 nitrogen and oxygen atoms in total. The van der Waals surface area contributed by atoms with Gasteiger partial charge >= 0.3 is 17.8 Å². The summed E-state index contributed by atoms with van der Waals surface area (Å²) >= 11 is 5.97. The van der Waals surface area contributed by atoms with Gasteiger partial charge in [0.25, 0.3) is 0 Å². The summed E-state index contributed by atoms with van der Waals surface area (Å²) in [5.74, 6) is -3.99. The molecular weight excluding hydrogens is 346 g/mol. The molecule has 0 radical (unpaired) electrons. The summed E-state index contributed by atoms with van der Waals surface area (Å²) in [6, 6.07) is 13.9. The predicted octanol–water partition coefficient (Wildman–Crippen LogP) is 2.59. The second kappa shape index (κ2) is 8.30. The number of hydrogen-bond donors (Lipinski definition) is 3. The van der Waals surface area contributed by atoms with Crippen LogP contribution in [0.2, 0.25) is 5.02 Å². The molecule has 25 heavy (non-hydrogen) atoms. The van der Waals surface area contributed by atoms with Crippen molar-refractivity contribution in [3.05, 3.63) is 59.1 Å². The monoisotopic (exact) mass is 361 g/mol. The van der Waals surface area contributed by atoms with E-state index in [4.69, 9.17) is 21.8 Å². The molecule has 3 N–H and O–H groups in total. The molecule has 1 atom stereocenters. The Kier molecular flexibility index (Phi) is 6.14. The molecule has 130 valence electrons. The smallest absolute Gasteiger partial charge is 0.394 e. The van der Waals surface area contributed by atoms with Gasteiger partial charge in [0.1, 0.15) is 0 Å². The van der Waals surface area contributed by atoms with E-state index >= 15 is 0 Å². The Morgan fingerprint density at radius 2 is 1.68 bits per heavy atom. The number of rotatable bonds is 6. The van der Waals surface area contributed by atoms with E-state index in [1.165, 1.54) is 0 Å². The number of aliphatic carboxylic acids is 2. The van der Waals surface area contributed by atoms with Gasteiger partial charge in [0, 0.05) is 11.1 Å². The summed E-state index contributed by atoms with van der Waals surface area (Å²) in [6.07, 6.45) is -0.157. The quantitative estimate of drug-likeness (QED) is 0.686. The fourth-order valence-electron chi connectivity index (χ4n) is 2.42. The van der Waals surface area contributed by atoms with E-state index < -0.39 is 23.9 Å². The molecule has 0 heterocycles. The second-order valence-corrected chi connectivity index (χ2v) is 5.92. The zero-order valence-corrected chi connectivity index (χ0v) is 13.9. The van der Waals surface area contributed by atoms with Crippen molar-refractivity contribution in [2.75, 3.05) is 0 Å². The normalized spacial score (nSPS) is 11.6. The molecule has 0 bridgehead atoms. The van der Waals surface area contributed by atoms with Crippen LogP contribution < -0.4 is 5.32 Å². The van der Waals surface area contributed by atoms with Crippen LogP contribution in [-0.4, -0.2) is 34.1 Å². The summed E-state index contributed by atoms with van der Waals surface area (Å²) in [5.41, 5.74) is 2.67. The Balaban J connectivity index is 2.12. The number of carboxylic acids is 2. The predicted molar refractivity (Wildman–Crippen MR) is 92.4 cm³/mol. The third kappa shape index (κ3) is 5.61. The molecule has 0 aliphatic rings. The number of carboxylic acid groups (broad SMARTS) is 2. The largest absolute Gasteiger partial charge is 0.481 e. The van der Waals surface area contributed by atoms with Crippen LogP contribution in [0.4, 0.5) is 0 Å². The van der Waals surface area contributed by atoms with Gasteiger partial charge in [-0.15, -0.1) is 0 Å². The maximum absolute atomic E-state index is 11.3. The summed E-state index contributed by atoms with van der Waals surface area (Å²) < 4.78 is 0. The number of carbonyl (C=O) groups excluding carboxylic acids is 1. The van der Waals surface area contributed by atoms with E-state index in [1.807, 2.05) is 30.3 Å². The highest BCUT2D eigenvalue weighted by atomic mass is 35.5. The van der Waals surface area contributed by atoms with E-state index in [0.717, 1.165) is 16.7 Å². The van der Waals surface area contributed by atoms with Gasteiger partial charge in [-0.05, 0) is 35.2 Å². The lowest BCUT2D eigenvalue weighted by atomic mass is 9.99. The lowest BCUT2D eigenvalue weighted by Gasteiger charge is -2.16. The van der Waals surface area contributed by atoms with E-state index in [1.54, 1.807) is 18.2 Å². The van der Waals surface area contributed by atoms with E-state index in [-0.39, 0.29) is 12.8 Å². The van der Waals surface area contributed by atoms with Crippen molar-refractivity contribution in [1.82, 2.24) is 5.32 Å². The minimum Gasteiger partial charge on any atom is -0.481 e. The first kappa shape index (κ1) is 18.5. The molecular formula is C18H16ClNO5. The molecule has 2 rings (SSSR count). The zero-order valence-electron chi connectivity index (χ0n) is 13.1. The Hall–Kier alpha value is -2.86. The van der Waals surface area contributed by atoms with Gasteiger partial charge in [-0.25, -0.2) is 4.79 Å². The van der Waals surface area contributed by atoms with Gasteiger partial charge in [0.05, 0.1) is 6.42 Å². The summed E-state index contributed by atoms with van der Waals surface area (Å²) in [7, 11) is 0. The van der Waals surface area contributed by atoms with Crippen LogP contribution in [0.5, 0.6) is 0 Å². The molecule has 0 spiro atoms. The van der Waals surface area contributed by atoms with Crippen LogP contribution in [0.15, 0.2) is 48.5 Å². The lowest BCUT2D eigenvalue weighted by molar-refractivity contribution is -0.151. The molecule has 0 saturated heterocycles. The van der Waals surface area contributed by atoms with Gasteiger partial charge in [0.15, 0.2) is 0 Å². The Labute approximate surface area is 149 Å². The van der Waals surface area contributed by atoms with Crippen molar-refractivity contribution in [3.8, 4) is 11.1 Å². The van der Waals surface area contributed by atoms with Crippen LogP contribution in [0.1, 0.15) is 12.0 Å². The minimum atomic E-state index is -1.65. The fraction of sp³-hybridized carbons (Fsp3) is 0.167. The number of benzene rings is 2. The van der Waals surface area contributed by atoms with Crippen LogP contribution in [0, 0.1) is 0 Å². The topological polar surface area (TPSA) is 104 Å². The highest BCUT2D eigenvalue weighted by Gasteiger charge is 2.20. The fourth-order valence-corrected chi connectivity index (χ4v) is 2.61. The highest BCUT2D eigenvalue weighted by molar-refractivity contribution is 6.31. The third-order valence-corrected chi connectivity index (χ3v) is 3.78. The number of halogens is 1. The molecule has 0 unspecified atom stereocenters. The molecule has 0 fully saturated rings. The van der Waals surface area contributed by atoms with Crippen LogP contribution in [-0.2, 0) is 20.8 Å². The number of amides is 1. The Morgan fingerprint density at radius 1 is 1.00 bits per heavy atom. The Bertz CT molecular complexity index is 788. The third-order valence-electron chi connectivity index (χ3n) is 3.54. The molecule has 0 aliphatic carbocycles. The summed E-state index contributed by atoms with van der Waals surface area (Å²) in [4.78, 5) is 32.8. The van der Waals surface area contributed by atoms with Crippen LogP contribution in [0.3, 0.4) is 0 Å². The first-order valence-electron chi connectivity index (χ1n) is 7.45. The van der Waals surface area contributed by atoms with Gasteiger partial charge < -0.3 is 15.5 Å². The van der Waals surface area contributed by atoms with Crippen molar-refractivity contribution in [2.24, 2.45) is 0 Å². The van der Waals surface area contributed by atoms with Gasteiger partial charge in [-0.1, -0.05) is 48.0 Å². The van der Waals surface area contributed by atoms with E-state index in [9.17, 15) is 14.4 Å². The number of hydrogen-bond acceptors (Lipinski definition) is 3. The van der Waals surface area contributed by atoms with E-state index in [2.05, 4.69) is 5.32 Å². The number of nitrogens with one attached hydrogen (secondary N) is 1. The first-order chi connectivity index (χ1) is 11.8. The van der Waals surface area contributed by atoms with Gasteiger partial charge in [-0.2, -0.15) is 0 Å². The molecule has 0 aromatic heterocycles. The van der Waals surface area contributed by atoms with Crippen molar-refractivity contribution < 1.29 is 24.6 Å². The molecule has 1 amide bonds. The molecule has 7 heteroatoms. The van der Waals surface area contributed by atoms with Crippen molar-refractivity contribution in [1.29, 1.82) is 0 Å². The van der Waals surface area contributed by atoms with Gasteiger partial charge in [0.2, 0.25) is 0 Å². The SMILES string of the molecule is O=C(O)C[C@@H](Cc1ccc(-c2cccc(Cl)c2)cc1)NC(=O)C(=O)O. The molecule has 2 aromatic carbocycles. The van der Waals surface area contributed by atoms with Crippen LogP contribution >= 0.6 is 11.6 Å². The van der Waals surface area contributed by atoms with E-state index in [0.29, 0.717) is 5.02 Å². The summed E-state index contributed by atoms with van der Waals surface area (Å²) in [6.45, 7) is 0. The zero-order chi connectivity index (χ0) is 18.4. The standard InChI is InChI=1S/C18H16ClNO5/c19-14-3-1-2-13(9-14)12-6-4-11(5-7-12)8-15(10-16(21)22)20-17(23)18(24)25/h1-7,9,15H,8,10H2,(H,20,23)(H,21,22)(H,24,25)/t15-/m1/s1. The van der Waals surface area contributed by atoms with Crippen LogP contribution in [0.25, 0.3) is 11.1 Å². The molecule has 2 aromatic rings.